The Morgan fingerprint density at radius 1 is 1.02 bits per heavy atom. The maximum Gasteiger partial charge on any atom is 0.389 e. The lowest BCUT2D eigenvalue weighted by Gasteiger charge is -2.43. The van der Waals surface area contributed by atoms with E-state index in [4.69, 9.17) is 5.73 Å². The summed E-state index contributed by atoms with van der Waals surface area (Å²) in [6.45, 7) is -0.758. The molecule has 10 nitrogen and oxygen atoms in total. The third kappa shape index (κ3) is 6.81. The number of carbonyl (C=O) groups excluding carboxylic acids is 2. The molecule has 0 bridgehead atoms. The van der Waals surface area contributed by atoms with Gasteiger partial charge in [-0.15, -0.1) is 5.10 Å². The van der Waals surface area contributed by atoms with Gasteiger partial charge < -0.3 is 11.1 Å². The molecule has 3 aromatic rings. The maximum absolute atomic E-state index is 14.2. The predicted octanol–water partition coefficient (Wildman–Crippen LogP) is 5.58. The second kappa shape index (κ2) is 11.9. The summed E-state index contributed by atoms with van der Waals surface area (Å²) in [6, 6.07) is 0.929. The van der Waals surface area contributed by atoms with E-state index in [1.54, 1.807) is 6.07 Å². The third-order valence-corrected chi connectivity index (χ3v) is 9.41. The molecule has 19 heteroatoms. The average Bonchev–Trinajstić information content (AvgIpc) is 3.61. The van der Waals surface area contributed by atoms with E-state index in [-0.39, 0.29) is 35.8 Å². The molecule has 0 spiro atoms. The number of carbonyl (C=O) groups is 2. The van der Waals surface area contributed by atoms with Crippen molar-refractivity contribution in [2.45, 2.75) is 100 Å². The number of hydrogen-bond acceptors (Lipinski definition) is 6. The number of nitrogens with one attached hydrogen (secondary N) is 1. The Hall–Kier alpha value is -3.93. The molecule has 0 aliphatic heterocycles. The summed E-state index contributed by atoms with van der Waals surface area (Å²) >= 11 is 0. The van der Waals surface area contributed by atoms with E-state index in [1.165, 1.54) is 16.9 Å². The van der Waals surface area contributed by atoms with Crippen LogP contribution in [0.2, 0.25) is 0 Å². The van der Waals surface area contributed by atoms with Crippen LogP contribution in [0.5, 0.6) is 0 Å². The molecule has 6 rings (SSSR count). The minimum Gasteiger partial charge on any atom is -0.364 e. The van der Waals surface area contributed by atoms with Crippen molar-refractivity contribution in [2.24, 2.45) is 23.5 Å². The number of hydrogen-bond donors (Lipinski definition) is 2. The Balaban J connectivity index is 1.33. The van der Waals surface area contributed by atoms with Gasteiger partial charge in [-0.25, -0.2) is 18.3 Å². The fourth-order valence-electron chi connectivity index (χ4n) is 6.58. The van der Waals surface area contributed by atoms with Gasteiger partial charge in [-0.2, -0.15) is 45.7 Å². The second-order valence-corrected chi connectivity index (χ2v) is 13.0. The summed E-state index contributed by atoms with van der Waals surface area (Å²) in [7, 11) is 0. The molecule has 1 unspecified atom stereocenters. The standard InChI is InChI=1S/C29H31F9N8O2/c30-26(31)6-3-14(4-7-26)21(23-24(25(39)48)44-46(43-23)12-17-10-27(32,33)29(17,37)38)18-13-45-19(41-18)9-16(11-40-45)22(15-1-2-15)42-20(47)5-8-28(34,35)36/h9,11,13-15,17,21-22H,1-8,10,12H2,(H2,39,48)(H,42,47)/t17?,21-,22+/m0/s1. The molecule has 3 aromatic heterocycles. The Morgan fingerprint density at radius 2 is 1.71 bits per heavy atom. The normalized spacial score (nSPS) is 23.4. The molecule has 262 valence electrons. The fraction of sp³-hybridized carbons (Fsp3) is 0.655. The van der Waals surface area contributed by atoms with Gasteiger partial charge in [0.25, 0.3) is 5.91 Å². The lowest BCUT2D eigenvalue weighted by molar-refractivity contribution is -0.316. The molecule has 2 amide bonds. The van der Waals surface area contributed by atoms with Gasteiger partial charge in [0.1, 0.15) is 5.69 Å². The van der Waals surface area contributed by atoms with Crippen LogP contribution in [0, 0.1) is 17.8 Å². The van der Waals surface area contributed by atoms with Crippen LogP contribution >= 0.6 is 0 Å². The van der Waals surface area contributed by atoms with Crippen molar-refractivity contribution in [1.29, 1.82) is 0 Å². The molecule has 3 atom stereocenters. The molecular formula is C29H31F9N8O2. The summed E-state index contributed by atoms with van der Waals surface area (Å²) < 4.78 is 123. The Labute approximate surface area is 266 Å². The van der Waals surface area contributed by atoms with E-state index < -0.39 is 104 Å². The SMILES string of the molecule is NC(=O)c1nn(CC2CC(F)(F)C2(F)F)nc1[C@H](c1cn2ncc([C@H](NC(=O)CCC(F)(F)F)C3CC3)cc2n1)C1CCC(F)(F)CC1. The third-order valence-electron chi connectivity index (χ3n) is 9.41. The summed E-state index contributed by atoms with van der Waals surface area (Å²) in [6.07, 6.45) is -4.42. The highest BCUT2D eigenvalue weighted by Gasteiger charge is 2.71. The van der Waals surface area contributed by atoms with Crippen LogP contribution in [0.25, 0.3) is 5.65 Å². The first kappa shape index (κ1) is 34.0. The van der Waals surface area contributed by atoms with E-state index in [0.29, 0.717) is 10.4 Å². The minimum absolute atomic E-state index is 0.0358. The van der Waals surface area contributed by atoms with Gasteiger partial charge in [0.05, 0.1) is 48.9 Å². The number of alkyl halides is 9. The number of amides is 2. The van der Waals surface area contributed by atoms with Crippen LogP contribution in [0.3, 0.4) is 0 Å². The van der Waals surface area contributed by atoms with Gasteiger partial charge in [-0.1, -0.05) is 0 Å². The van der Waals surface area contributed by atoms with E-state index in [0.717, 1.165) is 12.8 Å². The first-order chi connectivity index (χ1) is 22.3. The number of nitrogens with zero attached hydrogens (tertiary/aromatic N) is 6. The molecule has 3 fully saturated rings. The van der Waals surface area contributed by atoms with Crippen LogP contribution < -0.4 is 11.1 Å². The van der Waals surface area contributed by atoms with Gasteiger partial charge in [0, 0.05) is 25.7 Å². The minimum atomic E-state index is -4.50. The predicted molar refractivity (Wildman–Crippen MR) is 147 cm³/mol. The van der Waals surface area contributed by atoms with Crippen molar-refractivity contribution < 1.29 is 49.1 Å². The number of rotatable bonds is 11. The van der Waals surface area contributed by atoms with Crippen LogP contribution in [-0.4, -0.2) is 65.4 Å². The molecular weight excluding hydrogens is 663 g/mol. The number of nitrogens with two attached hydrogens (primary N) is 1. The highest BCUT2D eigenvalue weighted by atomic mass is 19.4. The van der Waals surface area contributed by atoms with Crippen molar-refractivity contribution in [2.75, 3.05) is 0 Å². The summed E-state index contributed by atoms with van der Waals surface area (Å²) in [4.78, 5) is 30.2. The highest BCUT2D eigenvalue weighted by molar-refractivity contribution is 5.92. The van der Waals surface area contributed by atoms with Gasteiger partial charge >= 0.3 is 18.0 Å². The molecule has 0 aromatic carbocycles. The Kier molecular flexibility index (Phi) is 8.41. The zero-order valence-corrected chi connectivity index (χ0v) is 25.2. The largest absolute Gasteiger partial charge is 0.389 e. The van der Waals surface area contributed by atoms with Crippen LogP contribution in [-0.2, 0) is 11.3 Å². The number of primary amides is 1. The second-order valence-electron chi connectivity index (χ2n) is 13.0. The van der Waals surface area contributed by atoms with Gasteiger partial charge in [0.15, 0.2) is 11.3 Å². The number of halogens is 9. The van der Waals surface area contributed by atoms with Gasteiger partial charge in [-0.05, 0) is 49.1 Å². The summed E-state index contributed by atoms with van der Waals surface area (Å²) in [5, 5.41) is 15.1. The Bertz CT molecular complexity index is 1690. The number of imidazole rings is 1. The maximum atomic E-state index is 14.2. The van der Waals surface area contributed by atoms with Crippen molar-refractivity contribution in [3.63, 3.8) is 0 Å². The van der Waals surface area contributed by atoms with Gasteiger partial charge in [-0.3, -0.25) is 9.59 Å². The van der Waals surface area contributed by atoms with Crippen LogP contribution in [0.4, 0.5) is 39.5 Å². The number of aromatic nitrogens is 6. The zero-order chi connectivity index (χ0) is 34.8. The molecule has 3 aliphatic carbocycles. The molecule has 0 radical (unpaired) electrons. The van der Waals surface area contributed by atoms with Crippen molar-refractivity contribution in [1.82, 2.24) is 34.9 Å². The lowest BCUT2D eigenvalue weighted by atomic mass is 9.75. The van der Waals surface area contributed by atoms with E-state index >= 15 is 0 Å². The van der Waals surface area contributed by atoms with Crippen LogP contribution in [0.1, 0.15) is 97.2 Å². The smallest absolute Gasteiger partial charge is 0.364 e. The fourth-order valence-corrected chi connectivity index (χ4v) is 6.58. The van der Waals surface area contributed by atoms with Crippen LogP contribution in [0.15, 0.2) is 18.5 Å². The molecule has 3 N–H and O–H groups in total. The lowest BCUT2D eigenvalue weighted by Crippen LogP contribution is -2.59. The van der Waals surface area contributed by atoms with Gasteiger partial charge in [0.2, 0.25) is 11.8 Å². The van der Waals surface area contributed by atoms with Crippen molar-refractivity contribution in [3.05, 3.63) is 41.1 Å². The number of fused-ring (bicyclic) bond motifs is 1. The average molecular weight is 695 g/mol. The summed E-state index contributed by atoms with van der Waals surface area (Å²) in [5.74, 6) is -16.8. The van der Waals surface area contributed by atoms with E-state index in [2.05, 4.69) is 25.6 Å². The molecule has 48 heavy (non-hydrogen) atoms. The molecule has 3 heterocycles. The first-order valence-corrected chi connectivity index (χ1v) is 15.4. The zero-order valence-electron chi connectivity index (χ0n) is 25.2. The van der Waals surface area contributed by atoms with E-state index in [1.807, 2.05) is 0 Å². The topological polar surface area (TPSA) is 133 Å². The quantitative estimate of drug-likeness (QED) is 0.252. The van der Waals surface area contributed by atoms with E-state index in [9.17, 15) is 49.1 Å². The molecule has 3 saturated carbocycles. The molecule has 3 aliphatic rings. The monoisotopic (exact) mass is 694 g/mol. The molecule has 0 saturated heterocycles. The Morgan fingerprint density at radius 3 is 2.29 bits per heavy atom. The summed E-state index contributed by atoms with van der Waals surface area (Å²) in [5.41, 5.74) is 5.86. The first-order valence-electron chi connectivity index (χ1n) is 15.4. The van der Waals surface area contributed by atoms with Crippen molar-refractivity contribution in [3.8, 4) is 0 Å². The van der Waals surface area contributed by atoms with Crippen molar-refractivity contribution >= 4 is 17.5 Å². The highest BCUT2D eigenvalue weighted by Crippen LogP contribution is 2.56.